The van der Waals surface area contributed by atoms with Crippen LogP contribution in [0.3, 0.4) is 0 Å². The highest BCUT2D eigenvalue weighted by atomic mass is 16.5. The van der Waals surface area contributed by atoms with Crippen molar-refractivity contribution < 1.29 is 19.1 Å². The van der Waals surface area contributed by atoms with Crippen LogP contribution in [0.15, 0.2) is 24.3 Å². The summed E-state index contributed by atoms with van der Waals surface area (Å²) in [7, 11) is 0. The minimum absolute atomic E-state index is 0.243. The van der Waals surface area contributed by atoms with Crippen LogP contribution in [0, 0.1) is 5.41 Å². The van der Waals surface area contributed by atoms with Crippen LogP contribution in [0.4, 0.5) is 0 Å². The third-order valence-electron chi connectivity index (χ3n) is 3.31. The van der Waals surface area contributed by atoms with Crippen LogP contribution in [-0.2, 0) is 19.1 Å². The Bertz CT molecular complexity index is 381. The van der Waals surface area contributed by atoms with E-state index in [9.17, 15) is 9.59 Å². The van der Waals surface area contributed by atoms with Gasteiger partial charge in [0.25, 0.3) is 0 Å². The first-order chi connectivity index (χ1) is 10.3. The molecule has 0 rings (SSSR count). The van der Waals surface area contributed by atoms with Crippen molar-refractivity contribution in [2.45, 2.75) is 59.8 Å². The van der Waals surface area contributed by atoms with E-state index in [0.29, 0.717) is 18.6 Å². The molecule has 0 fully saturated rings. The third-order valence-corrected chi connectivity index (χ3v) is 3.31. The van der Waals surface area contributed by atoms with E-state index >= 15 is 0 Å². The van der Waals surface area contributed by atoms with Gasteiger partial charge in [-0.1, -0.05) is 38.2 Å². The predicted octanol–water partition coefficient (Wildman–Crippen LogP) is 4.20. The standard InChI is InChI=1S/C18H30O4/c1-16(19)21-14-10-6-5-8-12-18(3,4)13-9-7-11-15-22-17(2)20/h6-7,10-11H,5,8-9,12-15H2,1-4H3. The van der Waals surface area contributed by atoms with Gasteiger partial charge >= 0.3 is 11.9 Å². The smallest absolute Gasteiger partial charge is 0.302 e. The molecule has 0 heterocycles. The van der Waals surface area contributed by atoms with E-state index in [0.717, 1.165) is 32.1 Å². The first-order valence-corrected chi connectivity index (χ1v) is 7.90. The van der Waals surface area contributed by atoms with Crippen LogP contribution in [0.5, 0.6) is 0 Å². The summed E-state index contributed by atoms with van der Waals surface area (Å²) in [5.74, 6) is -0.487. The number of hydrogen-bond donors (Lipinski definition) is 0. The summed E-state index contributed by atoms with van der Waals surface area (Å²) < 4.78 is 9.66. The first-order valence-electron chi connectivity index (χ1n) is 7.90. The summed E-state index contributed by atoms with van der Waals surface area (Å²) >= 11 is 0. The molecule has 0 spiro atoms. The fourth-order valence-corrected chi connectivity index (χ4v) is 2.00. The van der Waals surface area contributed by atoms with E-state index in [1.54, 1.807) is 0 Å². The van der Waals surface area contributed by atoms with Crippen molar-refractivity contribution in [2.24, 2.45) is 5.41 Å². The second-order valence-corrected chi connectivity index (χ2v) is 6.14. The molecule has 0 amide bonds. The molecule has 22 heavy (non-hydrogen) atoms. The average Bonchev–Trinajstić information content (AvgIpc) is 2.41. The molecule has 0 saturated heterocycles. The van der Waals surface area contributed by atoms with E-state index in [1.807, 2.05) is 12.2 Å². The number of carbonyl (C=O) groups is 2. The lowest BCUT2D eigenvalue weighted by Gasteiger charge is -2.23. The van der Waals surface area contributed by atoms with Crippen molar-refractivity contribution >= 4 is 11.9 Å². The summed E-state index contributed by atoms with van der Waals surface area (Å²) in [6.45, 7) is 8.11. The molecule has 126 valence electrons. The quantitative estimate of drug-likeness (QED) is 0.326. The van der Waals surface area contributed by atoms with Crippen LogP contribution >= 0.6 is 0 Å². The zero-order valence-electron chi connectivity index (χ0n) is 14.4. The van der Waals surface area contributed by atoms with E-state index in [2.05, 4.69) is 26.0 Å². The van der Waals surface area contributed by atoms with Crippen molar-refractivity contribution in [3.8, 4) is 0 Å². The predicted molar refractivity (Wildman–Crippen MR) is 88.4 cm³/mol. The molecule has 0 N–H and O–H groups in total. The van der Waals surface area contributed by atoms with E-state index in [-0.39, 0.29) is 11.9 Å². The van der Waals surface area contributed by atoms with Gasteiger partial charge in [-0.2, -0.15) is 0 Å². The number of carbonyl (C=O) groups excluding carboxylic acids is 2. The summed E-state index contributed by atoms with van der Waals surface area (Å²) in [5.41, 5.74) is 0.301. The third kappa shape index (κ3) is 14.8. The molecule has 0 aliphatic carbocycles. The summed E-state index contributed by atoms with van der Waals surface area (Å²) in [4.78, 5) is 21.2. The Labute approximate surface area is 134 Å². The van der Waals surface area contributed by atoms with Gasteiger partial charge in [0, 0.05) is 13.8 Å². The van der Waals surface area contributed by atoms with Gasteiger partial charge in [0.05, 0.1) is 0 Å². The maximum atomic E-state index is 10.6. The number of esters is 2. The van der Waals surface area contributed by atoms with Crippen molar-refractivity contribution in [1.29, 1.82) is 0 Å². The average molecular weight is 310 g/mol. The van der Waals surface area contributed by atoms with Crippen molar-refractivity contribution in [3.05, 3.63) is 24.3 Å². The van der Waals surface area contributed by atoms with Gasteiger partial charge in [-0.05, 0) is 37.5 Å². The molecule has 0 aromatic carbocycles. The lowest BCUT2D eigenvalue weighted by Crippen LogP contribution is -2.10. The highest BCUT2D eigenvalue weighted by Crippen LogP contribution is 2.29. The number of allylic oxidation sites excluding steroid dienone is 2. The molecule has 4 nitrogen and oxygen atoms in total. The fraction of sp³-hybridized carbons (Fsp3) is 0.667. The molecule has 0 radical (unpaired) electrons. The Balaban J connectivity index is 3.68. The number of rotatable bonds is 11. The molecule has 0 aromatic heterocycles. The van der Waals surface area contributed by atoms with Gasteiger partial charge in [0.1, 0.15) is 13.2 Å². The van der Waals surface area contributed by atoms with Gasteiger partial charge in [0.15, 0.2) is 0 Å². The number of ether oxygens (including phenoxy) is 2. The Morgan fingerprint density at radius 2 is 1.32 bits per heavy atom. The highest BCUT2D eigenvalue weighted by molar-refractivity contribution is 5.66. The Hall–Kier alpha value is -1.58. The van der Waals surface area contributed by atoms with Crippen LogP contribution < -0.4 is 0 Å². The Morgan fingerprint density at radius 1 is 0.818 bits per heavy atom. The van der Waals surface area contributed by atoms with Crippen molar-refractivity contribution in [1.82, 2.24) is 0 Å². The van der Waals surface area contributed by atoms with Crippen molar-refractivity contribution in [3.63, 3.8) is 0 Å². The zero-order valence-corrected chi connectivity index (χ0v) is 14.4. The van der Waals surface area contributed by atoms with E-state index < -0.39 is 0 Å². The molecule has 0 bridgehead atoms. The largest absolute Gasteiger partial charge is 0.462 e. The molecule has 0 aliphatic heterocycles. The molecule has 0 aliphatic rings. The molecule has 0 aromatic rings. The summed E-state index contributed by atoms with van der Waals surface area (Å²) in [5, 5.41) is 0. The molecule has 4 heteroatoms. The molecular formula is C18H30O4. The van der Waals surface area contributed by atoms with Gasteiger partial charge in [-0.15, -0.1) is 0 Å². The number of hydrogen-bond acceptors (Lipinski definition) is 4. The zero-order chi connectivity index (χ0) is 16.8. The second kappa shape index (κ2) is 12.0. The van der Waals surface area contributed by atoms with Gasteiger partial charge < -0.3 is 9.47 Å². The maximum absolute atomic E-state index is 10.6. The molecule has 0 saturated carbocycles. The highest BCUT2D eigenvalue weighted by Gasteiger charge is 2.15. The summed E-state index contributed by atoms with van der Waals surface area (Å²) in [6.07, 6.45) is 13.3. The monoisotopic (exact) mass is 310 g/mol. The first kappa shape index (κ1) is 20.4. The lowest BCUT2D eigenvalue weighted by atomic mass is 9.82. The van der Waals surface area contributed by atoms with E-state index in [4.69, 9.17) is 9.47 Å². The molecular weight excluding hydrogens is 280 g/mol. The summed E-state index contributed by atoms with van der Waals surface area (Å²) in [6, 6.07) is 0. The van der Waals surface area contributed by atoms with Crippen LogP contribution in [0.25, 0.3) is 0 Å². The Kier molecular flexibility index (Phi) is 11.2. The molecule has 0 unspecified atom stereocenters. The normalized spacial score (nSPS) is 12.0. The van der Waals surface area contributed by atoms with Crippen molar-refractivity contribution in [2.75, 3.05) is 13.2 Å². The lowest BCUT2D eigenvalue weighted by molar-refractivity contribution is -0.140. The van der Waals surface area contributed by atoms with Crippen LogP contribution in [-0.4, -0.2) is 25.2 Å². The topological polar surface area (TPSA) is 52.6 Å². The number of unbranched alkanes of at least 4 members (excludes halogenated alkanes) is 1. The second-order valence-electron chi connectivity index (χ2n) is 6.14. The van der Waals surface area contributed by atoms with E-state index in [1.165, 1.54) is 13.8 Å². The minimum atomic E-state index is -0.244. The maximum Gasteiger partial charge on any atom is 0.302 e. The Morgan fingerprint density at radius 3 is 1.82 bits per heavy atom. The fourth-order valence-electron chi connectivity index (χ4n) is 2.00. The van der Waals surface area contributed by atoms with Crippen LogP contribution in [0.2, 0.25) is 0 Å². The van der Waals surface area contributed by atoms with Gasteiger partial charge in [-0.25, -0.2) is 0 Å². The molecule has 0 atom stereocenters. The SMILES string of the molecule is CC(=O)OCC=CCCCC(C)(C)CCC=CCOC(C)=O. The van der Waals surface area contributed by atoms with Gasteiger partial charge in [-0.3, -0.25) is 9.59 Å². The van der Waals surface area contributed by atoms with Crippen LogP contribution in [0.1, 0.15) is 59.8 Å². The van der Waals surface area contributed by atoms with Gasteiger partial charge in [0.2, 0.25) is 0 Å². The minimum Gasteiger partial charge on any atom is -0.462 e.